The van der Waals surface area contributed by atoms with Crippen molar-refractivity contribution in [2.75, 3.05) is 32.8 Å². The van der Waals surface area contributed by atoms with Crippen LogP contribution < -0.4 is 20.7 Å². The van der Waals surface area contributed by atoms with Crippen molar-refractivity contribution in [2.24, 2.45) is 4.99 Å². The summed E-state index contributed by atoms with van der Waals surface area (Å²) in [6.45, 7) is 4.50. The van der Waals surface area contributed by atoms with E-state index in [1.54, 1.807) is 0 Å². The van der Waals surface area contributed by atoms with Crippen LogP contribution in [0.1, 0.15) is 12.5 Å². The molecule has 0 aliphatic carbocycles. The van der Waals surface area contributed by atoms with Crippen molar-refractivity contribution in [2.45, 2.75) is 13.3 Å². The van der Waals surface area contributed by atoms with E-state index in [-0.39, 0.29) is 36.4 Å². The molecule has 0 spiro atoms. The molecular formula is C21H29IN4O2. The number of benzene rings is 2. The number of rotatable bonds is 10. The molecular weight excluding hydrogens is 467 g/mol. The van der Waals surface area contributed by atoms with E-state index in [2.05, 4.69) is 33.1 Å². The zero-order valence-corrected chi connectivity index (χ0v) is 18.5. The van der Waals surface area contributed by atoms with Gasteiger partial charge in [0, 0.05) is 13.1 Å². The molecule has 0 aromatic heterocycles. The number of carbonyl (C=O) groups is 1. The number of amides is 1. The van der Waals surface area contributed by atoms with Crippen LogP contribution in [-0.4, -0.2) is 44.7 Å². The summed E-state index contributed by atoms with van der Waals surface area (Å²) in [5.41, 5.74) is 1.20. The van der Waals surface area contributed by atoms with Crippen molar-refractivity contribution in [1.29, 1.82) is 0 Å². The van der Waals surface area contributed by atoms with Crippen molar-refractivity contribution in [3.05, 3.63) is 66.2 Å². The molecule has 0 saturated heterocycles. The smallest absolute Gasteiger partial charge is 0.241 e. The van der Waals surface area contributed by atoms with Crippen LogP contribution in [-0.2, 0) is 11.2 Å². The second-order valence-corrected chi connectivity index (χ2v) is 5.87. The highest BCUT2D eigenvalue weighted by Gasteiger charge is 2.02. The Kier molecular flexibility index (Phi) is 12.5. The first-order chi connectivity index (χ1) is 13.3. The number of guanidine groups is 1. The molecule has 0 fully saturated rings. The highest BCUT2D eigenvalue weighted by atomic mass is 127. The van der Waals surface area contributed by atoms with E-state index < -0.39 is 0 Å². The van der Waals surface area contributed by atoms with Crippen LogP contribution in [0.25, 0.3) is 0 Å². The lowest BCUT2D eigenvalue weighted by Gasteiger charge is -2.12. The van der Waals surface area contributed by atoms with E-state index in [4.69, 9.17) is 4.74 Å². The maximum Gasteiger partial charge on any atom is 0.241 e. The molecule has 1 amide bonds. The fraction of sp³-hybridized carbons (Fsp3) is 0.333. The number of hydrogen-bond donors (Lipinski definition) is 3. The molecule has 0 unspecified atom stereocenters. The normalized spacial score (nSPS) is 10.5. The third-order valence-electron chi connectivity index (χ3n) is 3.71. The topological polar surface area (TPSA) is 74.8 Å². The first-order valence-corrected chi connectivity index (χ1v) is 9.28. The average Bonchev–Trinajstić information content (AvgIpc) is 2.71. The molecule has 0 radical (unpaired) electrons. The summed E-state index contributed by atoms with van der Waals surface area (Å²) in [6, 6.07) is 19.7. The number of halogens is 1. The van der Waals surface area contributed by atoms with Crippen molar-refractivity contribution < 1.29 is 9.53 Å². The molecule has 0 atom stereocenters. The number of para-hydroxylation sites is 1. The highest BCUT2D eigenvalue weighted by Crippen LogP contribution is 2.07. The summed E-state index contributed by atoms with van der Waals surface area (Å²) in [7, 11) is 0. The van der Waals surface area contributed by atoms with Gasteiger partial charge < -0.3 is 20.7 Å². The molecule has 3 N–H and O–H groups in total. The van der Waals surface area contributed by atoms with Gasteiger partial charge >= 0.3 is 0 Å². The Balaban J connectivity index is 0.00000392. The van der Waals surface area contributed by atoms with Crippen molar-refractivity contribution in [1.82, 2.24) is 16.0 Å². The molecule has 28 heavy (non-hydrogen) atoms. The lowest BCUT2D eigenvalue weighted by Crippen LogP contribution is -2.40. The molecule has 2 aromatic carbocycles. The summed E-state index contributed by atoms with van der Waals surface area (Å²) in [6.07, 6.45) is 0.811. The van der Waals surface area contributed by atoms with Gasteiger partial charge in [-0.3, -0.25) is 4.79 Å². The molecule has 0 heterocycles. The minimum atomic E-state index is -0.0938. The van der Waals surface area contributed by atoms with Gasteiger partial charge in [-0.2, -0.15) is 0 Å². The van der Waals surface area contributed by atoms with Crippen molar-refractivity contribution in [3.63, 3.8) is 0 Å². The molecule has 0 saturated carbocycles. The van der Waals surface area contributed by atoms with E-state index in [0.29, 0.717) is 25.7 Å². The Morgan fingerprint density at radius 3 is 2.29 bits per heavy atom. The molecule has 0 bridgehead atoms. The standard InChI is InChI=1S/C21H28N4O2.HI/c1-2-22-21(24-15-16-27-19-11-7-4-8-12-19)25-17-20(26)23-14-13-18-9-5-3-6-10-18;/h3-12H,2,13-17H2,1H3,(H,23,26)(H2,22,24,25);1H. The van der Waals surface area contributed by atoms with E-state index >= 15 is 0 Å². The summed E-state index contributed by atoms with van der Waals surface area (Å²) in [5.74, 6) is 1.34. The monoisotopic (exact) mass is 496 g/mol. The van der Waals surface area contributed by atoms with Crippen molar-refractivity contribution in [3.8, 4) is 5.75 Å². The Labute approximate surface area is 184 Å². The molecule has 0 aliphatic heterocycles. The van der Waals surface area contributed by atoms with Crippen LogP contribution in [0, 0.1) is 0 Å². The fourth-order valence-electron chi connectivity index (χ4n) is 2.39. The minimum absolute atomic E-state index is 0. The van der Waals surface area contributed by atoms with Gasteiger partial charge in [0.15, 0.2) is 5.96 Å². The Morgan fingerprint density at radius 1 is 0.929 bits per heavy atom. The Bertz CT molecular complexity index is 696. The largest absolute Gasteiger partial charge is 0.492 e. The quantitative estimate of drug-likeness (QED) is 0.205. The molecule has 7 heteroatoms. The molecule has 6 nitrogen and oxygen atoms in total. The van der Waals surface area contributed by atoms with Gasteiger partial charge in [-0.15, -0.1) is 24.0 Å². The number of ether oxygens (including phenoxy) is 1. The maximum atomic E-state index is 12.0. The van der Waals surface area contributed by atoms with E-state index in [0.717, 1.165) is 18.7 Å². The number of nitrogens with one attached hydrogen (secondary N) is 3. The molecule has 2 rings (SSSR count). The van der Waals surface area contributed by atoms with Gasteiger partial charge in [0.05, 0.1) is 6.54 Å². The fourth-order valence-corrected chi connectivity index (χ4v) is 2.39. The van der Waals surface area contributed by atoms with E-state index in [1.807, 2.05) is 55.5 Å². The van der Waals surface area contributed by atoms with Crippen LogP contribution in [0.3, 0.4) is 0 Å². The van der Waals surface area contributed by atoms with Gasteiger partial charge in [-0.25, -0.2) is 4.99 Å². The Morgan fingerprint density at radius 2 is 1.61 bits per heavy atom. The molecule has 2 aromatic rings. The zero-order valence-electron chi connectivity index (χ0n) is 16.2. The number of nitrogens with zero attached hydrogens (tertiary/aromatic N) is 1. The summed E-state index contributed by atoms with van der Waals surface area (Å²) in [5, 5.41) is 9.18. The highest BCUT2D eigenvalue weighted by molar-refractivity contribution is 14.0. The van der Waals surface area contributed by atoms with E-state index in [1.165, 1.54) is 5.56 Å². The maximum absolute atomic E-state index is 12.0. The lowest BCUT2D eigenvalue weighted by atomic mass is 10.1. The zero-order chi connectivity index (χ0) is 19.2. The van der Waals surface area contributed by atoms with Gasteiger partial charge in [0.2, 0.25) is 5.91 Å². The van der Waals surface area contributed by atoms with Crippen LogP contribution in [0.5, 0.6) is 5.75 Å². The second-order valence-electron chi connectivity index (χ2n) is 5.87. The summed E-state index contributed by atoms with van der Waals surface area (Å²) >= 11 is 0. The second kappa shape index (κ2) is 14.7. The SMILES string of the molecule is CCNC(=NCC(=O)NCCc1ccccc1)NCCOc1ccccc1.I. The lowest BCUT2D eigenvalue weighted by molar-refractivity contribution is -0.119. The Hall–Kier alpha value is -2.29. The first kappa shape index (κ1) is 23.7. The van der Waals surface area contributed by atoms with Crippen LogP contribution >= 0.6 is 24.0 Å². The van der Waals surface area contributed by atoms with Crippen LogP contribution in [0.2, 0.25) is 0 Å². The van der Waals surface area contributed by atoms with Gasteiger partial charge in [-0.05, 0) is 31.0 Å². The number of hydrogen-bond acceptors (Lipinski definition) is 3. The summed E-state index contributed by atoms with van der Waals surface area (Å²) < 4.78 is 5.63. The third kappa shape index (κ3) is 10.1. The van der Waals surface area contributed by atoms with Gasteiger partial charge in [0.1, 0.15) is 18.9 Å². The third-order valence-corrected chi connectivity index (χ3v) is 3.71. The predicted molar refractivity (Wildman–Crippen MR) is 124 cm³/mol. The van der Waals surface area contributed by atoms with Crippen LogP contribution in [0.4, 0.5) is 0 Å². The number of aliphatic imine (C=N–C) groups is 1. The average molecular weight is 496 g/mol. The van der Waals surface area contributed by atoms with Gasteiger partial charge in [-0.1, -0.05) is 48.5 Å². The van der Waals surface area contributed by atoms with Crippen molar-refractivity contribution >= 4 is 35.8 Å². The van der Waals surface area contributed by atoms with Crippen LogP contribution in [0.15, 0.2) is 65.7 Å². The number of carbonyl (C=O) groups excluding carboxylic acids is 1. The summed E-state index contributed by atoms with van der Waals surface area (Å²) in [4.78, 5) is 16.3. The predicted octanol–water partition coefficient (Wildman–Crippen LogP) is 2.60. The molecule has 0 aliphatic rings. The van der Waals surface area contributed by atoms with Gasteiger partial charge in [0.25, 0.3) is 0 Å². The minimum Gasteiger partial charge on any atom is -0.492 e. The first-order valence-electron chi connectivity index (χ1n) is 9.28. The molecule has 152 valence electrons. The van der Waals surface area contributed by atoms with E-state index in [9.17, 15) is 4.79 Å².